The van der Waals surface area contributed by atoms with Gasteiger partial charge in [0, 0.05) is 0 Å². The predicted molar refractivity (Wildman–Crippen MR) is 113 cm³/mol. The molecule has 0 aliphatic carbocycles. The van der Waals surface area contributed by atoms with Gasteiger partial charge in [-0.15, -0.1) is 0 Å². The summed E-state index contributed by atoms with van der Waals surface area (Å²) in [5.74, 6) is -0.523. The molecule has 148 valence electrons. The number of rotatable bonds is 9. The van der Waals surface area contributed by atoms with E-state index in [0.717, 1.165) is 10.1 Å². The van der Waals surface area contributed by atoms with Gasteiger partial charge in [0.1, 0.15) is 0 Å². The molecule has 2 aromatic rings. The number of carbonyl (C=O) groups is 3. The molecule has 6 nitrogen and oxygen atoms in total. The van der Waals surface area contributed by atoms with Crippen molar-refractivity contribution in [2.45, 2.75) is 19.9 Å². The van der Waals surface area contributed by atoms with Gasteiger partial charge in [-0.1, -0.05) is 0 Å². The van der Waals surface area contributed by atoms with Gasteiger partial charge in [0.15, 0.2) is 0 Å². The van der Waals surface area contributed by atoms with Crippen LogP contribution in [-0.2, 0) is 14.3 Å². The fourth-order valence-corrected chi connectivity index (χ4v) is 6.47. The van der Waals surface area contributed by atoms with Crippen LogP contribution >= 0.6 is 10.2 Å². The van der Waals surface area contributed by atoms with E-state index in [4.69, 9.17) is 4.74 Å². The summed E-state index contributed by atoms with van der Waals surface area (Å²) in [6.45, 7) is 3.35. The fourth-order valence-electron chi connectivity index (χ4n) is 2.27. The minimum atomic E-state index is -0.699. The Balaban J connectivity index is 2.01. The summed E-state index contributed by atoms with van der Waals surface area (Å²) < 4.78 is 5.93. The van der Waals surface area contributed by atoms with Crippen LogP contribution in [-0.4, -0.2) is 50.0 Å². The molecule has 1 unspecified atom stereocenters. The van der Waals surface area contributed by atoms with Gasteiger partial charge < -0.3 is 0 Å². The molecule has 0 saturated heterocycles. The van der Waals surface area contributed by atoms with Gasteiger partial charge in [-0.3, -0.25) is 0 Å². The van der Waals surface area contributed by atoms with E-state index in [1.54, 1.807) is 13.0 Å². The topological polar surface area (TPSA) is 84.5 Å². The Labute approximate surface area is 174 Å². The standard InChI is InChI=1S/C20H22N2O4SSe/c1-3-26-20(25)17(21-14(2)23)13-27-28-18-12-8-7-11-16(18)19(24)22-15-9-5-4-6-10-15/h4-12,17H,3,13H2,1-2H3,(H,21,23)(H,22,24). The second-order valence-corrected chi connectivity index (χ2v) is 9.88. The van der Waals surface area contributed by atoms with Crippen molar-refractivity contribution in [3.8, 4) is 0 Å². The van der Waals surface area contributed by atoms with Crippen molar-refractivity contribution < 1.29 is 19.1 Å². The first-order valence-electron chi connectivity index (χ1n) is 8.70. The Morgan fingerprint density at radius 3 is 2.43 bits per heavy atom. The zero-order chi connectivity index (χ0) is 20.4. The normalized spacial score (nSPS) is 11.4. The van der Waals surface area contributed by atoms with Crippen LogP contribution in [0.4, 0.5) is 5.69 Å². The third-order valence-electron chi connectivity index (χ3n) is 3.50. The number of hydrogen-bond acceptors (Lipinski definition) is 5. The Morgan fingerprint density at radius 1 is 1.07 bits per heavy atom. The third kappa shape index (κ3) is 7.03. The number of nitrogens with one attached hydrogen (secondary N) is 2. The molecule has 2 aromatic carbocycles. The van der Waals surface area contributed by atoms with E-state index in [1.807, 2.05) is 48.5 Å². The van der Waals surface area contributed by atoms with Crippen LogP contribution in [0.15, 0.2) is 54.6 Å². The second-order valence-electron chi connectivity index (χ2n) is 5.69. The van der Waals surface area contributed by atoms with Crippen LogP contribution < -0.4 is 15.1 Å². The van der Waals surface area contributed by atoms with E-state index in [-0.39, 0.29) is 32.3 Å². The van der Waals surface area contributed by atoms with Crippen molar-refractivity contribution in [3.63, 3.8) is 0 Å². The number of hydrogen-bond donors (Lipinski definition) is 2. The zero-order valence-electron chi connectivity index (χ0n) is 15.6. The van der Waals surface area contributed by atoms with E-state index in [1.165, 1.54) is 17.1 Å². The number of esters is 1. The minimum absolute atomic E-state index is 0.117. The fraction of sp³-hybridized carbons (Fsp3) is 0.250. The summed E-state index contributed by atoms with van der Waals surface area (Å²) >= 11 is -0.117. The average Bonchev–Trinajstić information content (AvgIpc) is 2.68. The Hall–Kier alpha value is -2.28. The molecule has 0 heterocycles. The SMILES string of the molecule is CCOC(=O)C(CS[Se]c1ccccc1C(=O)Nc1ccccc1)NC(C)=O. The van der Waals surface area contributed by atoms with Crippen molar-refractivity contribution in [2.24, 2.45) is 0 Å². The van der Waals surface area contributed by atoms with E-state index in [0.29, 0.717) is 11.3 Å². The molecule has 0 radical (unpaired) electrons. The summed E-state index contributed by atoms with van der Waals surface area (Å²) in [4.78, 5) is 36.0. The molecule has 2 amide bonds. The van der Waals surface area contributed by atoms with Gasteiger partial charge in [-0.05, 0) is 0 Å². The van der Waals surface area contributed by atoms with Gasteiger partial charge in [0.05, 0.1) is 0 Å². The molecule has 0 saturated carbocycles. The average molecular weight is 465 g/mol. The molecular formula is C20H22N2O4SSe. The number of para-hydroxylation sites is 1. The van der Waals surface area contributed by atoms with E-state index in [2.05, 4.69) is 10.6 Å². The first-order chi connectivity index (χ1) is 13.5. The summed E-state index contributed by atoms with van der Waals surface area (Å²) in [6, 6.07) is 16.0. The predicted octanol–water partition coefficient (Wildman–Crippen LogP) is 1.98. The van der Waals surface area contributed by atoms with E-state index < -0.39 is 12.0 Å². The Bertz CT molecular complexity index is 817. The molecule has 0 spiro atoms. The summed E-state index contributed by atoms with van der Waals surface area (Å²) in [6.07, 6.45) is 0. The van der Waals surface area contributed by atoms with Gasteiger partial charge in [0.25, 0.3) is 0 Å². The molecule has 0 bridgehead atoms. The number of ether oxygens (including phenoxy) is 1. The summed E-state index contributed by atoms with van der Waals surface area (Å²) in [7, 11) is 1.52. The van der Waals surface area contributed by atoms with Crippen LogP contribution in [0.2, 0.25) is 0 Å². The Kier molecular flexibility index (Phi) is 9.07. The molecule has 0 aliphatic heterocycles. The third-order valence-corrected chi connectivity index (χ3v) is 7.74. The van der Waals surface area contributed by atoms with Crippen LogP contribution in [0, 0.1) is 0 Å². The van der Waals surface area contributed by atoms with Crippen LogP contribution in [0.25, 0.3) is 0 Å². The number of benzene rings is 2. The summed E-state index contributed by atoms with van der Waals surface area (Å²) in [5, 5.41) is 5.51. The second kappa shape index (κ2) is 11.5. The molecule has 28 heavy (non-hydrogen) atoms. The molecule has 8 heteroatoms. The van der Waals surface area contributed by atoms with E-state index in [9.17, 15) is 14.4 Å². The van der Waals surface area contributed by atoms with Crippen molar-refractivity contribution in [2.75, 3.05) is 17.7 Å². The van der Waals surface area contributed by atoms with E-state index >= 15 is 0 Å². The van der Waals surface area contributed by atoms with Crippen molar-refractivity contribution in [1.29, 1.82) is 0 Å². The van der Waals surface area contributed by atoms with Gasteiger partial charge >= 0.3 is 174 Å². The molecule has 0 aliphatic rings. The van der Waals surface area contributed by atoms with Crippen molar-refractivity contribution >= 4 is 51.9 Å². The van der Waals surface area contributed by atoms with Crippen molar-refractivity contribution in [3.05, 3.63) is 60.2 Å². The molecule has 2 N–H and O–H groups in total. The molecule has 0 aromatic heterocycles. The molecule has 2 rings (SSSR count). The number of carbonyl (C=O) groups excluding carboxylic acids is 3. The van der Waals surface area contributed by atoms with Gasteiger partial charge in [-0.25, -0.2) is 0 Å². The van der Waals surface area contributed by atoms with Gasteiger partial charge in [-0.2, -0.15) is 0 Å². The van der Waals surface area contributed by atoms with Crippen molar-refractivity contribution in [1.82, 2.24) is 5.32 Å². The van der Waals surface area contributed by atoms with Crippen LogP contribution in [0.5, 0.6) is 0 Å². The molecule has 0 fully saturated rings. The number of amides is 2. The maximum absolute atomic E-state index is 12.6. The quantitative estimate of drug-likeness (QED) is 0.437. The van der Waals surface area contributed by atoms with Crippen LogP contribution in [0.1, 0.15) is 24.2 Å². The van der Waals surface area contributed by atoms with Gasteiger partial charge in [0.2, 0.25) is 0 Å². The Morgan fingerprint density at radius 2 is 1.75 bits per heavy atom. The van der Waals surface area contributed by atoms with Crippen LogP contribution in [0.3, 0.4) is 0 Å². The number of anilines is 1. The first kappa shape index (κ1) is 22.0. The molecule has 1 atom stereocenters. The zero-order valence-corrected chi connectivity index (χ0v) is 18.2. The molecular weight excluding hydrogens is 443 g/mol. The maximum atomic E-state index is 12.6. The first-order valence-corrected chi connectivity index (χ1v) is 12.6. The summed E-state index contributed by atoms with van der Waals surface area (Å²) in [5.41, 5.74) is 1.33. The monoisotopic (exact) mass is 466 g/mol.